The van der Waals surface area contributed by atoms with Crippen LogP contribution < -0.4 is 0 Å². The summed E-state index contributed by atoms with van der Waals surface area (Å²) in [6.07, 6.45) is 13.4. The highest BCUT2D eigenvalue weighted by atomic mass is 16.7. The van der Waals surface area contributed by atoms with Crippen LogP contribution in [0.4, 0.5) is 0 Å². The molecule has 1 saturated heterocycles. The van der Waals surface area contributed by atoms with Crippen LogP contribution in [0.2, 0.25) is 0 Å². The van der Waals surface area contributed by atoms with Gasteiger partial charge >= 0.3 is 0 Å². The van der Waals surface area contributed by atoms with E-state index in [0.717, 1.165) is 63.8 Å². The number of fused-ring (bicyclic) bond motifs is 4. The zero-order valence-electron chi connectivity index (χ0n) is 21.2. The molecule has 4 heteroatoms. The van der Waals surface area contributed by atoms with Gasteiger partial charge in [-0.3, -0.25) is 4.79 Å². The van der Waals surface area contributed by atoms with Crippen molar-refractivity contribution in [3.8, 4) is 0 Å². The van der Waals surface area contributed by atoms with Crippen LogP contribution in [0.3, 0.4) is 0 Å². The van der Waals surface area contributed by atoms with Gasteiger partial charge in [0.05, 0.1) is 25.9 Å². The number of allylic oxidation sites excluding steroid dienone is 2. The summed E-state index contributed by atoms with van der Waals surface area (Å²) in [4.78, 5) is 11.3. The summed E-state index contributed by atoms with van der Waals surface area (Å²) in [5, 5.41) is 0. The summed E-state index contributed by atoms with van der Waals surface area (Å²) in [6, 6.07) is 8.42. The first-order chi connectivity index (χ1) is 17.1. The van der Waals surface area contributed by atoms with Crippen molar-refractivity contribution >= 4 is 6.29 Å². The van der Waals surface area contributed by atoms with Crippen molar-refractivity contribution in [1.29, 1.82) is 0 Å². The lowest BCUT2D eigenvalue weighted by Crippen LogP contribution is -2.47. The first-order valence-corrected chi connectivity index (χ1v) is 13.9. The Balaban J connectivity index is 1.38. The maximum atomic E-state index is 11.3. The number of hydrogen-bond donors (Lipinski definition) is 0. The Kier molecular flexibility index (Phi) is 6.27. The Bertz CT molecular complexity index is 988. The largest absolute Gasteiger partial charge is 0.377 e. The molecule has 0 bridgehead atoms. The SMILES string of the molecule is C=CCCOC1CCC2C3CCC4CC5(CCC4=C3C(c3ccc(C=O)cc3)CC12C)OCCO5. The van der Waals surface area contributed by atoms with Crippen LogP contribution in [-0.2, 0) is 14.2 Å². The summed E-state index contributed by atoms with van der Waals surface area (Å²) >= 11 is 0. The van der Waals surface area contributed by atoms with Gasteiger partial charge in [0.15, 0.2) is 5.79 Å². The Hall–Kier alpha value is -1.75. The lowest BCUT2D eigenvalue weighted by Gasteiger charge is -2.54. The second-order valence-electron chi connectivity index (χ2n) is 11.8. The van der Waals surface area contributed by atoms with E-state index >= 15 is 0 Å². The molecule has 4 aliphatic carbocycles. The van der Waals surface area contributed by atoms with E-state index in [0.29, 0.717) is 29.8 Å². The fraction of sp³-hybridized carbons (Fsp3) is 0.645. The summed E-state index contributed by atoms with van der Waals surface area (Å²) in [6.45, 7) is 8.64. The van der Waals surface area contributed by atoms with Gasteiger partial charge in [-0.15, -0.1) is 6.58 Å². The average Bonchev–Trinajstić information content (AvgIpc) is 3.47. The predicted molar refractivity (Wildman–Crippen MR) is 136 cm³/mol. The van der Waals surface area contributed by atoms with Crippen LogP contribution in [0.25, 0.3) is 0 Å². The number of carbonyl (C=O) groups is 1. The first-order valence-electron chi connectivity index (χ1n) is 13.9. The van der Waals surface area contributed by atoms with Crippen molar-refractivity contribution in [3.63, 3.8) is 0 Å². The molecule has 1 aliphatic heterocycles. The molecule has 1 aromatic carbocycles. The Labute approximate surface area is 210 Å². The van der Waals surface area contributed by atoms with Gasteiger partial charge < -0.3 is 14.2 Å². The fourth-order valence-electron chi connectivity index (χ4n) is 8.61. The van der Waals surface area contributed by atoms with E-state index in [1.165, 1.54) is 31.2 Å². The van der Waals surface area contributed by atoms with Crippen molar-refractivity contribution in [2.45, 2.75) is 82.5 Å². The number of hydrogen-bond acceptors (Lipinski definition) is 4. The van der Waals surface area contributed by atoms with Crippen LogP contribution in [0.1, 0.15) is 86.6 Å². The Morgan fingerprint density at radius 3 is 2.63 bits per heavy atom. The molecule has 1 aromatic rings. The van der Waals surface area contributed by atoms with E-state index < -0.39 is 0 Å². The van der Waals surface area contributed by atoms with Crippen LogP contribution >= 0.6 is 0 Å². The molecule has 0 amide bonds. The molecule has 188 valence electrons. The van der Waals surface area contributed by atoms with E-state index in [1.807, 2.05) is 18.2 Å². The average molecular weight is 477 g/mol. The van der Waals surface area contributed by atoms with Crippen LogP contribution in [0, 0.1) is 23.2 Å². The molecule has 0 N–H and O–H groups in total. The molecule has 1 heterocycles. The number of aldehydes is 1. The molecule has 5 aliphatic rings. The highest BCUT2D eigenvalue weighted by molar-refractivity contribution is 5.74. The third-order valence-electron chi connectivity index (χ3n) is 10.2. The van der Waals surface area contributed by atoms with E-state index in [-0.39, 0.29) is 11.2 Å². The minimum absolute atomic E-state index is 0.185. The lowest BCUT2D eigenvalue weighted by molar-refractivity contribution is -0.181. The summed E-state index contributed by atoms with van der Waals surface area (Å²) in [5.74, 6) is 1.99. The number of ether oxygens (including phenoxy) is 3. The normalized spacial score (nSPS) is 37.6. The van der Waals surface area contributed by atoms with Gasteiger partial charge in [0.1, 0.15) is 6.29 Å². The third-order valence-corrected chi connectivity index (χ3v) is 10.2. The highest BCUT2D eigenvalue weighted by Crippen LogP contribution is 2.65. The van der Waals surface area contributed by atoms with Crippen LogP contribution in [-0.4, -0.2) is 38.0 Å². The van der Waals surface area contributed by atoms with E-state index in [1.54, 1.807) is 11.1 Å². The quantitative estimate of drug-likeness (QED) is 0.263. The van der Waals surface area contributed by atoms with E-state index in [2.05, 4.69) is 25.6 Å². The van der Waals surface area contributed by atoms with Crippen molar-refractivity contribution in [2.75, 3.05) is 19.8 Å². The van der Waals surface area contributed by atoms with Gasteiger partial charge in [0, 0.05) is 24.3 Å². The minimum atomic E-state index is -0.330. The van der Waals surface area contributed by atoms with Crippen molar-refractivity contribution in [3.05, 3.63) is 59.2 Å². The number of carbonyl (C=O) groups excluding carboxylic acids is 1. The molecular formula is C31H40O4. The summed E-state index contributed by atoms with van der Waals surface area (Å²) < 4.78 is 18.8. The van der Waals surface area contributed by atoms with Crippen LogP contribution in [0.15, 0.2) is 48.1 Å². The molecule has 6 rings (SSSR count). The second-order valence-corrected chi connectivity index (χ2v) is 11.8. The molecule has 6 unspecified atom stereocenters. The Morgan fingerprint density at radius 2 is 1.89 bits per heavy atom. The zero-order valence-corrected chi connectivity index (χ0v) is 21.2. The van der Waals surface area contributed by atoms with Crippen molar-refractivity contribution in [2.24, 2.45) is 23.2 Å². The van der Waals surface area contributed by atoms with Crippen molar-refractivity contribution in [1.82, 2.24) is 0 Å². The highest BCUT2D eigenvalue weighted by Gasteiger charge is 2.58. The topological polar surface area (TPSA) is 44.8 Å². The third kappa shape index (κ3) is 3.97. The molecule has 3 saturated carbocycles. The predicted octanol–water partition coefficient (Wildman–Crippen LogP) is 6.61. The first kappa shape index (κ1) is 23.6. The van der Waals surface area contributed by atoms with Gasteiger partial charge in [-0.05, 0) is 73.7 Å². The summed E-state index contributed by atoms with van der Waals surface area (Å²) in [7, 11) is 0. The molecule has 0 aromatic heterocycles. The maximum absolute atomic E-state index is 11.3. The molecular weight excluding hydrogens is 436 g/mol. The molecule has 4 fully saturated rings. The minimum Gasteiger partial charge on any atom is -0.377 e. The number of benzene rings is 1. The van der Waals surface area contributed by atoms with Gasteiger partial charge in [0.2, 0.25) is 0 Å². The monoisotopic (exact) mass is 476 g/mol. The van der Waals surface area contributed by atoms with Gasteiger partial charge in [-0.1, -0.05) is 48.4 Å². The summed E-state index contributed by atoms with van der Waals surface area (Å²) in [5.41, 5.74) is 5.76. The van der Waals surface area contributed by atoms with E-state index in [9.17, 15) is 4.79 Å². The van der Waals surface area contributed by atoms with Gasteiger partial charge in [-0.2, -0.15) is 0 Å². The molecule has 4 nitrogen and oxygen atoms in total. The number of rotatable bonds is 6. The fourth-order valence-corrected chi connectivity index (χ4v) is 8.61. The maximum Gasteiger partial charge on any atom is 0.169 e. The standard InChI is InChI=1S/C31H40O4/c1-3-4-15-33-28-12-11-27-25-10-9-23-18-31(34-16-17-35-31)14-13-24(23)29(25)26(19-30(27,28)2)22-7-5-21(20-32)6-8-22/h3,5-8,20,23,25-28H,1,4,9-19H2,2H3. The van der Waals surface area contributed by atoms with Gasteiger partial charge in [0.25, 0.3) is 0 Å². The smallest absolute Gasteiger partial charge is 0.169 e. The molecule has 35 heavy (non-hydrogen) atoms. The van der Waals surface area contributed by atoms with Crippen LogP contribution in [0.5, 0.6) is 0 Å². The van der Waals surface area contributed by atoms with Gasteiger partial charge in [-0.25, -0.2) is 0 Å². The zero-order chi connectivity index (χ0) is 24.0. The van der Waals surface area contributed by atoms with E-state index in [4.69, 9.17) is 14.2 Å². The lowest BCUT2D eigenvalue weighted by atomic mass is 9.52. The van der Waals surface area contributed by atoms with Crippen molar-refractivity contribution < 1.29 is 19.0 Å². The molecule has 0 radical (unpaired) electrons. The molecule has 1 spiro atoms. The Morgan fingerprint density at radius 1 is 1.09 bits per heavy atom. The molecule has 6 atom stereocenters. The second kappa shape index (κ2) is 9.28.